The molecule has 6 heteroatoms. The van der Waals surface area contributed by atoms with Gasteiger partial charge >= 0.3 is 0 Å². The summed E-state index contributed by atoms with van der Waals surface area (Å²) in [6.07, 6.45) is 1.08. The van der Waals surface area contributed by atoms with Crippen LogP contribution in [0.2, 0.25) is 0 Å². The maximum absolute atomic E-state index is 5.93. The number of ether oxygens (including phenoxy) is 1. The molecule has 0 bridgehead atoms. The Balaban J connectivity index is 2.09. The monoisotopic (exact) mass is 259 g/mol. The molecule has 3 rings (SSSR count). The van der Waals surface area contributed by atoms with Gasteiger partial charge in [-0.1, -0.05) is 19.9 Å². The minimum atomic E-state index is 0.248. The third-order valence-corrected chi connectivity index (χ3v) is 3.74. The van der Waals surface area contributed by atoms with E-state index in [2.05, 4.69) is 29.4 Å². The van der Waals surface area contributed by atoms with Crippen molar-refractivity contribution >= 4 is 5.69 Å². The molecule has 1 fully saturated rings. The summed E-state index contributed by atoms with van der Waals surface area (Å²) in [5.41, 5.74) is 7.59. The van der Waals surface area contributed by atoms with E-state index >= 15 is 0 Å². The highest BCUT2D eigenvalue weighted by Crippen LogP contribution is 2.56. The van der Waals surface area contributed by atoms with Gasteiger partial charge in [-0.2, -0.15) is 0 Å². The van der Waals surface area contributed by atoms with Gasteiger partial charge < -0.3 is 10.5 Å². The molecular formula is C13H17N5O. The Hall–Kier alpha value is -2.11. The van der Waals surface area contributed by atoms with Crippen LogP contribution in [0.15, 0.2) is 18.2 Å². The van der Waals surface area contributed by atoms with Crippen LogP contribution in [0.1, 0.15) is 26.3 Å². The van der Waals surface area contributed by atoms with Gasteiger partial charge in [0.1, 0.15) is 0 Å². The Kier molecular flexibility index (Phi) is 2.48. The number of para-hydroxylation sites is 1. The SMILES string of the molecule is COc1c(N)cccc1-c1nnnn1C1CC1(C)C. The Morgan fingerprint density at radius 1 is 1.42 bits per heavy atom. The summed E-state index contributed by atoms with van der Waals surface area (Å²) in [7, 11) is 1.60. The van der Waals surface area contributed by atoms with Crippen molar-refractivity contribution in [3.8, 4) is 17.1 Å². The molecule has 1 saturated carbocycles. The van der Waals surface area contributed by atoms with Crippen molar-refractivity contribution in [1.82, 2.24) is 20.2 Å². The molecule has 0 aliphatic heterocycles. The average molecular weight is 259 g/mol. The zero-order chi connectivity index (χ0) is 13.6. The van der Waals surface area contributed by atoms with E-state index in [1.807, 2.05) is 16.8 Å². The second kappa shape index (κ2) is 3.94. The lowest BCUT2D eigenvalue weighted by Crippen LogP contribution is -2.06. The van der Waals surface area contributed by atoms with Crippen molar-refractivity contribution in [2.24, 2.45) is 5.41 Å². The quantitative estimate of drug-likeness (QED) is 0.852. The summed E-state index contributed by atoms with van der Waals surface area (Å²) in [6.45, 7) is 4.42. The van der Waals surface area contributed by atoms with Gasteiger partial charge in [-0.15, -0.1) is 5.10 Å². The number of nitrogens with zero attached hydrogens (tertiary/aromatic N) is 4. The molecule has 0 saturated heterocycles. The molecule has 1 aromatic carbocycles. The number of rotatable bonds is 3. The van der Waals surface area contributed by atoms with Crippen LogP contribution in [0.3, 0.4) is 0 Å². The summed E-state index contributed by atoms with van der Waals surface area (Å²) < 4.78 is 7.25. The summed E-state index contributed by atoms with van der Waals surface area (Å²) >= 11 is 0. The van der Waals surface area contributed by atoms with E-state index in [9.17, 15) is 0 Å². The van der Waals surface area contributed by atoms with E-state index in [0.29, 0.717) is 23.3 Å². The standard InChI is InChI=1S/C13H17N5O/c1-13(2)7-10(13)18-12(15-16-17-18)8-5-4-6-9(14)11(8)19-3/h4-6,10H,7,14H2,1-3H3. The van der Waals surface area contributed by atoms with Gasteiger partial charge in [0, 0.05) is 0 Å². The molecule has 1 heterocycles. The van der Waals surface area contributed by atoms with Gasteiger partial charge in [0.15, 0.2) is 11.6 Å². The van der Waals surface area contributed by atoms with Crippen LogP contribution in [0.25, 0.3) is 11.4 Å². The fourth-order valence-electron chi connectivity index (χ4n) is 2.40. The first-order chi connectivity index (χ1) is 9.04. The molecular weight excluding hydrogens is 242 g/mol. The van der Waals surface area contributed by atoms with E-state index in [1.165, 1.54) is 0 Å². The first-order valence-corrected chi connectivity index (χ1v) is 6.25. The van der Waals surface area contributed by atoms with Crippen molar-refractivity contribution in [3.05, 3.63) is 18.2 Å². The highest BCUT2D eigenvalue weighted by atomic mass is 16.5. The highest BCUT2D eigenvalue weighted by Gasteiger charge is 2.49. The van der Waals surface area contributed by atoms with Crippen molar-refractivity contribution in [2.75, 3.05) is 12.8 Å². The van der Waals surface area contributed by atoms with Gasteiger partial charge in [0.25, 0.3) is 0 Å². The summed E-state index contributed by atoms with van der Waals surface area (Å²) in [5.74, 6) is 1.33. The Morgan fingerprint density at radius 2 is 2.16 bits per heavy atom. The minimum absolute atomic E-state index is 0.248. The number of methoxy groups -OCH3 is 1. The number of benzene rings is 1. The van der Waals surface area contributed by atoms with Crippen LogP contribution in [0.4, 0.5) is 5.69 Å². The van der Waals surface area contributed by atoms with E-state index in [-0.39, 0.29) is 5.41 Å². The number of aromatic nitrogens is 4. The molecule has 1 atom stereocenters. The summed E-state index contributed by atoms with van der Waals surface area (Å²) in [5, 5.41) is 12.0. The maximum atomic E-state index is 5.93. The van der Waals surface area contributed by atoms with Crippen LogP contribution in [0, 0.1) is 5.41 Å². The largest absolute Gasteiger partial charge is 0.494 e. The first kappa shape index (κ1) is 12.0. The lowest BCUT2D eigenvalue weighted by Gasteiger charge is -2.11. The second-order valence-corrected chi connectivity index (χ2v) is 5.58. The van der Waals surface area contributed by atoms with Crippen molar-refractivity contribution < 1.29 is 4.74 Å². The number of hydrogen-bond donors (Lipinski definition) is 1. The molecule has 1 aliphatic rings. The van der Waals surface area contributed by atoms with E-state index < -0.39 is 0 Å². The Labute approximate surface area is 111 Å². The highest BCUT2D eigenvalue weighted by molar-refractivity contribution is 5.73. The molecule has 0 amide bonds. The lowest BCUT2D eigenvalue weighted by atomic mass is 10.1. The predicted octanol–water partition coefficient (Wildman–Crippen LogP) is 1.90. The van der Waals surface area contributed by atoms with Crippen LogP contribution in [-0.4, -0.2) is 27.3 Å². The molecule has 6 nitrogen and oxygen atoms in total. The van der Waals surface area contributed by atoms with Gasteiger partial charge in [-0.05, 0) is 34.4 Å². The fraction of sp³-hybridized carbons (Fsp3) is 0.462. The zero-order valence-electron chi connectivity index (χ0n) is 11.3. The Bertz CT molecular complexity index is 619. The van der Waals surface area contributed by atoms with Crippen molar-refractivity contribution in [2.45, 2.75) is 26.3 Å². The topological polar surface area (TPSA) is 78.8 Å². The number of anilines is 1. The molecule has 1 unspecified atom stereocenters. The van der Waals surface area contributed by atoms with Crippen LogP contribution in [0.5, 0.6) is 5.75 Å². The minimum Gasteiger partial charge on any atom is -0.494 e. The molecule has 2 aromatic rings. The molecule has 0 spiro atoms. The van der Waals surface area contributed by atoms with Gasteiger partial charge in [0.05, 0.1) is 24.4 Å². The predicted molar refractivity (Wildman–Crippen MR) is 71.7 cm³/mol. The molecule has 1 aromatic heterocycles. The maximum Gasteiger partial charge on any atom is 0.186 e. The van der Waals surface area contributed by atoms with Crippen molar-refractivity contribution in [3.63, 3.8) is 0 Å². The average Bonchev–Trinajstić information content (AvgIpc) is 2.81. The second-order valence-electron chi connectivity index (χ2n) is 5.58. The Morgan fingerprint density at radius 3 is 2.79 bits per heavy atom. The van der Waals surface area contributed by atoms with Crippen LogP contribution in [-0.2, 0) is 0 Å². The first-order valence-electron chi connectivity index (χ1n) is 6.25. The number of nitrogen functional groups attached to an aromatic ring is 1. The van der Waals surface area contributed by atoms with Gasteiger partial charge in [-0.3, -0.25) is 0 Å². The normalized spacial score (nSPS) is 20.3. The van der Waals surface area contributed by atoms with Crippen molar-refractivity contribution in [1.29, 1.82) is 0 Å². The number of nitrogens with two attached hydrogens (primary N) is 1. The zero-order valence-corrected chi connectivity index (χ0v) is 11.3. The molecule has 100 valence electrons. The van der Waals surface area contributed by atoms with Crippen LogP contribution >= 0.6 is 0 Å². The van der Waals surface area contributed by atoms with E-state index in [1.54, 1.807) is 13.2 Å². The fourth-order valence-corrected chi connectivity index (χ4v) is 2.40. The molecule has 2 N–H and O–H groups in total. The number of tetrazole rings is 1. The van der Waals surface area contributed by atoms with E-state index in [0.717, 1.165) is 12.0 Å². The molecule has 19 heavy (non-hydrogen) atoms. The van der Waals surface area contributed by atoms with Gasteiger partial charge in [-0.25, -0.2) is 4.68 Å². The summed E-state index contributed by atoms with van der Waals surface area (Å²) in [4.78, 5) is 0. The lowest BCUT2D eigenvalue weighted by molar-refractivity contribution is 0.417. The third-order valence-electron chi connectivity index (χ3n) is 3.74. The number of hydrogen-bond acceptors (Lipinski definition) is 5. The molecule has 1 aliphatic carbocycles. The van der Waals surface area contributed by atoms with Crippen LogP contribution < -0.4 is 10.5 Å². The van der Waals surface area contributed by atoms with Gasteiger partial charge in [0.2, 0.25) is 0 Å². The molecule has 0 radical (unpaired) electrons. The smallest absolute Gasteiger partial charge is 0.186 e. The third kappa shape index (κ3) is 1.83. The summed E-state index contributed by atoms with van der Waals surface area (Å²) in [6, 6.07) is 5.94. The van der Waals surface area contributed by atoms with E-state index in [4.69, 9.17) is 10.5 Å².